The summed E-state index contributed by atoms with van der Waals surface area (Å²) in [6, 6.07) is 12.0. The Balaban J connectivity index is 1.82. The molecule has 1 atom stereocenters. The first-order valence-electron chi connectivity index (χ1n) is 7.32. The number of nitrogens with zero attached hydrogens (tertiary/aromatic N) is 1. The highest BCUT2D eigenvalue weighted by molar-refractivity contribution is 5.70. The maximum Gasteiger partial charge on any atom is 0.307 e. The molecule has 0 bridgehead atoms. The Kier molecular flexibility index (Phi) is 5.50. The molecule has 0 amide bonds. The van der Waals surface area contributed by atoms with E-state index in [4.69, 9.17) is 5.11 Å². The second-order valence-electron chi connectivity index (χ2n) is 5.60. The normalized spacial score (nSPS) is 12.0. The number of aryl methyl sites for hydroxylation is 1. The largest absolute Gasteiger partial charge is 0.481 e. The van der Waals surface area contributed by atoms with Gasteiger partial charge in [-0.1, -0.05) is 37.3 Å². The lowest BCUT2D eigenvalue weighted by molar-refractivity contribution is -0.136. The lowest BCUT2D eigenvalue weighted by Gasteiger charge is -2.11. The summed E-state index contributed by atoms with van der Waals surface area (Å²) in [6.07, 6.45) is 7.01. The monoisotopic (exact) mass is 283 g/mol. The van der Waals surface area contributed by atoms with Gasteiger partial charge in [-0.2, -0.15) is 0 Å². The lowest BCUT2D eigenvalue weighted by Crippen LogP contribution is -2.03. The average molecular weight is 283 g/mol. The van der Waals surface area contributed by atoms with Gasteiger partial charge in [0.25, 0.3) is 0 Å². The van der Waals surface area contributed by atoms with E-state index in [2.05, 4.69) is 18.0 Å². The molecule has 0 saturated heterocycles. The molecule has 0 radical (unpaired) electrons. The molecule has 1 N–H and O–H groups in total. The topological polar surface area (TPSA) is 50.2 Å². The van der Waals surface area contributed by atoms with Crippen LogP contribution in [0.25, 0.3) is 0 Å². The molecule has 0 saturated carbocycles. The van der Waals surface area contributed by atoms with Crippen LogP contribution in [-0.4, -0.2) is 16.1 Å². The number of carboxylic acids is 1. The van der Waals surface area contributed by atoms with E-state index in [-0.39, 0.29) is 6.42 Å². The van der Waals surface area contributed by atoms with Crippen LogP contribution in [0.4, 0.5) is 0 Å². The third kappa shape index (κ3) is 5.38. The van der Waals surface area contributed by atoms with E-state index in [0.29, 0.717) is 5.92 Å². The van der Waals surface area contributed by atoms with Gasteiger partial charge in [-0.25, -0.2) is 0 Å². The lowest BCUT2D eigenvalue weighted by atomic mass is 9.94. The summed E-state index contributed by atoms with van der Waals surface area (Å²) in [5.74, 6) is -0.192. The number of aliphatic carboxylic acids is 1. The fraction of sp³-hybridized carbons (Fsp3) is 0.333. The van der Waals surface area contributed by atoms with E-state index in [0.717, 1.165) is 24.8 Å². The summed E-state index contributed by atoms with van der Waals surface area (Å²) >= 11 is 0. The number of rotatable bonds is 7. The first-order chi connectivity index (χ1) is 10.1. The van der Waals surface area contributed by atoms with E-state index in [9.17, 15) is 4.79 Å². The summed E-state index contributed by atoms with van der Waals surface area (Å²) in [5, 5.41) is 8.75. The number of benzene rings is 1. The molecule has 0 spiro atoms. The molecule has 2 aromatic rings. The van der Waals surface area contributed by atoms with Crippen molar-refractivity contribution in [3.05, 3.63) is 65.5 Å². The first-order valence-corrected chi connectivity index (χ1v) is 7.32. The van der Waals surface area contributed by atoms with Crippen molar-refractivity contribution < 1.29 is 9.90 Å². The van der Waals surface area contributed by atoms with Gasteiger partial charge < -0.3 is 5.11 Å². The van der Waals surface area contributed by atoms with Crippen molar-refractivity contribution in [1.82, 2.24) is 4.98 Å². The van der Waals surface area contributed by atoms with Crippen molar-refractivity contribution in [1.29, 1.82) is 0 Å². The Morgan fingerprint density at radius 1 is 1.14 bits per heavy atom. The number of carbonyl (C=O) groups is 1. The van der Waals surface area contributed by atoms with E-state index < -0.39 is 5.97 Å². The Morgan fingerprint density at radius 3 is 2.48 bits per heavy atom. The Hall–Kier alpha value is -2.16. The van der Waals surface area contributed by atoms with Crippen molar-refractivity contribution in [2.75, 3.05) is 0 Å². The zero-order chi connectivity index (χ0) is 15.1. The number of hydrogen-bond donors (Lipinski definition) is 1. The minimum absolute atomic E-state index is 0.0941. The molecule has 0 aliphatic rings. The van der Waals surface area contributed by atoms with E-state index >= 15 is 0 Å². The number of aromatic nitrogens is 1. The minimum Gasteiger partial charge on any atom is -0.481 e. The standard InChI is InChI=1S/C18H21NO2/c1-14(4-5-17-3-2-10-19-13-17)11-15-6-8-16(9-7-15)12-18(20)21/h2-3,6-10,13-14H,4-5,11-12H2,1H3,(H,20,21). The van der Waals surface area contributed by atoms with Crippen LogP contribution in [0, 0.1) is 5.92 Å². The van der Waals surface area contributed by atoms with Crippen LogP contribution in [0.5, 0.6) is 0 Å². The van der Waals surface area contributed by atoms with Gasteiger partial charge in [-0.05, 0) is 47.9 Å². The summed E-state index contributed by atoms with van der Waals surface area (Å²) in [5.41, 5.74) is 3.40. The predicted molar refractivity (Wildman–Crippen MR) is 83.2 cm³/mol. The minimum atomic E-state index is -0.785. The van der Waals surface area contributed by atoms with Crippen molar-refractivity contribution in [2.45, 2.75) is 32.6 Å². The predicted octanol–water partition coefficient (Wildman–Crippen LogP) is 3.52. The van der Waals surface area contributed by atoms with E-state index in [1.807, 2.05) is 36.5 Å². The molecule has 3 nitrogen and oxygen atoms in total. The number of carboxylic acid groups (broad SMARTS) is 1. The van der Waals surface area contributed by atoms with Crippen molar-refractivity contribution in [3.63, 3.8) is 0 Å². The second-order valence-corrected chi connectivity index (χ2v) is 5.60. The van der Waals surface area contributed by atoms with Crippen LogP contribution in [0.15, 0.2) is 48.8 Å². The van der Waals surface area contributed by atoms with E-state index in [1.165, 1.54) is 11.1 Å². The summed E-state index contributed by atoms with van der Waals surface area (Å²) in [6.45, 7) is 2.25. The van der Waals surface area contributed by atoms with Crippen LogP contribution >= 0.6 is 0 Å². The van der Waals surface area contributed by atoms with Crippen molar-refractivity contribution in [2.24, 2.45) is 5.92 Å². The Labute approximate surface area is 125 Å². The van der Waals surface area contributed by atoms with Crippen LogP contribution in [0.1, 0.15) is 30.0 Å². The van der Waals surface area contributed by atoms with Crippen LogP contribution < -0.4 is 0 Å². The fourth-order valence-corrected chi connectivity index (χ4v) is 2.43. The zero-order valence-corrected chi connectivity index (χ0v) is 12.3. The van der Waals surface area contributed by atoms with Crippen LogP contribution in [0.3, 0.4) is 0 Å². The molecule has 2 rings (SSSR count). The van der Waals surface area contributed by atoms with Gasteiger partial charge in [0.15, 0.2) is 0 Å². The van der Waals surface area contributed by atoms with E-state index in [1.54, 1.807) is 6.20 Å². The molecule has 110 valence electrons. The van der Waals surface area contributed by atoms with Crippen molar-refractivity contribution >= 4 is 5.97 Å². The molecule has 1 aromatic heterocycles. The Bertz CT molecular complexity index is 564. The molecule has 0 aliphatic carbocycles. The molecular weight excluding hydrogens is 262 g/mol. The first kappa shape index (κ1) is 15.2. The maximum atomic E-state index is 10.6. The SMILES string of the molecule is CC(CCc1cccnc1)Cc1ccc(CC(=O)O)cc1. The molecule has 0 fully saturated rings. The molecular formula is C18H21NO2. The van der Waals surface area contributed by atoms with Crippen LogP contribution in [-0.2, 0) is 24.1 Å². The van der Waals surface area contributed by atoms with Gasteiger partial charge in [-0.3, -0.25) is 9.78 Å². The molecule has 1 aromatic carbocycles. The van der Waals surface area contributed by atoms with Gasteiger partial charge in [0.2, 0.25) is 0 Å². The molecule has 21 heavy (non-hydrogen) atoms. The third-order valence-corrected chi connectivity index (χ3v) is 3.61. The van der Waals surface area contributed by atoms with Gasteiger partial charge in [-0.15, -0.1) is 0 Å². The highest BCUT2D eigenvalue weighted by Gasteiger charge is 2.06. The number of hydrogen-bond acceptors (Lipinski definition) is 2. The zero-order valence-electron chi connectivity index (χ0n) is 12.3. The van der Waals surface area contributed by atoms with Gasteiger partial charge in [0.05, 0.1) is 6.42 Å². The summed E-state index contributed by atoms with van der Waals surface area (Å²) in [4.78, 5) is 14.8. The Morgan fingerprint density at radius 2 is 1.86 bits per heavy atom. The quantitative estimate of drug-likeness (QED) is 0.845. The fourth-order valence-electron chi connectivity index (χ4n) is 2.43. The van der Waals surface area contributed by atoms with Crippen LogP contribution in [0.2, 0.25) is 0 Å². The highest BCUT2D eigenvalue weighted by atomic mass is 16.4. The molecule has 3 heteroatoms. The third-order valence-electron chi connectivity index (χ3n) is 3.61. The van der Waals surface area contributed by atoms with Gasteiger partial charge in [0, 0.05) is 12.4 Å². The highest BCUT2D eigenvalue weighted by Crippen LogP contribution is 2.15. The average Bonchev–Trinajstić information content (AvgIpc) is 2.48. The smallest absolute Gasteiger partial charge is 0.307 e. The maximum absolute atomic E-state index is 10.6. The second kappa shape index (κ2) is 7.58. The molecule has 0 aliphatic heterocycles. The van der Waals surface area contributed by atoms with Crippen molar-refractivity contribution in [3.8, 4) is 0 Å². The summed E-state index contributed by atoms with van der Waals surface area (Å²) in [7, 11) is 0. The summed E-state index contributed by atoms with van der Waals surface area (Å²) < 4.78 is 0. The van der Waals surface area contributed by atoms with Gasteiger partial charge >= 0.3 is 5.97 Å². The molecule has 1 unspecified atom stereocenters. The molecule has 1 heterocycles. The number of pyridine rings is 1. The van der Waals surface area contributed by atoms with Gasteiger partial charge in [0.1, 0.15) is 0 Å².